The van der Waals surface area contributed by atoms with Crippen molar-refractivity contribution in [3.8, 4) is 0 Å². The predicted molar refractivity (Wildman–Crippen MR) is 46.2 cm³/mol. The number of nitrogens with zero attached hydrogens (tertiary/aromatic N) is 2. The maximum atomic E-state index is 3.98. The van der Waals surface area contributed by atoms with E-state index in [1.165, 1.54) is 0 Å². The van der Waals surface area contributed by atoms with Gasteiger partial charge in [-0.3, -0.25) is 0 Å². The molecule has 1 aromatic rings. The third-order valence-electron chi connectivity index (χ3n) is 1.03. The van der Waals surface area contributed by atoms with Crippen LogP contribution in [0.15, 0.2) is 3.92 Å². The van der Waals surface area contributed by atoms with Crippen LogP contribution in [-0.4, -0.2) is 10.2 Å². The van der Waals surface area contributed by atoms with Gasteiger partial charge in [0.15, 0.2) is 3.92 Å². The van der Waals surface area contributed by atoms with Gasteiger partial charge in [-0.1, -0.05) is 25.2 Å². The fourth-order valence-corrected chi connectivity index (χ4v) is 2.08. The smallest absolute Gasteiger partial charge is 0.143 e. The van der Waals surface area contributed by atoms with E-state index in [1.54, 1.807) is 11.3 Å². The number of aromatic nitrogens is 2. The first-order valence-corrected chi connectivity index (χ1v) is 4.77. The zero-order valence-electron chi connectivity index (χ0n) is 5.97. The molecule has 0 fully saturated rings. The predicted octanol–water partition coefficient (Wildman–Crippen LogP) is 2.50. The first-order valence-electron chi connectivity index (χ1n) is 3.16. The summed E-state index contributed by atoms with van der Waals surface area (Å²) in [4.78, 5) is 0. The first-order chi connectivity index (χ1) is 4.68. The molecule has 0 unspecified atom stereocenters. The fourth-order valence-electron chi connectivity index (χ4n) is 0.665. The quantitative estimate of drug-likeness (QED) is 0.766. The molecule has 56 valence electrons. The molecule has 0 radical (unpaired) electrons. The monoisotopic (exact) mass is 220 g/mol. The van der Waals surface area contributed by atoms with Crippen LogP contribution in [-0.2, 0) is 6.42 Å². The molecule has 1 aromatic heterocycles. The van der Waals surface area contributed by atoms with Gasteiger partial charge in [-0.15, -0.1) is 10.2 Å². The zero-order chi connectivity index (χ0) is 7.56. The summed E-state index contributed by atoms with van der Waals surface area (Å²) in [5.41, 5.74) is 0. The molecule has 0 saturated carbocycles. The Morgan fingerprint density at radius 2 is 2.20 bits per heavy atom. The Kier molecular flexibility index (Phi) is 2.80. The highest BCUT2D eigenvalue weighted by molar-refractivity contribution is 9.11. The van der Waals surface area contributed by atoms with Crippen LogP contribution >= 0.6 is 27.3 Å². The number of halogens is 1. The van der Waals surface area contributed by atoms with Crippen LogP contribution in [0, 0.1) is 5.92 Å². The highest BCUT2D eigenvalue weighted by Crippen LogP contribution is 2.18. The topological polar surface area (TPSA) is 25.8 Å². The Bertz CT molecular complexity index is 209. The van der Waals surface area contributed by atoms with Crippen molar-refractivity contribution >= 4 is 27.3 Å². The maximum Gasteiger partial charge on any atom is 0.183 e. The normalized spacial score (nSPS) is 10.8. The van der Waals surface area contributed by atoms with Crippen LogP contribution in [0.2, 0.25) is 0 Å². The van der Waals surface area contributed by atoms with Crippen LogP contribution in [0.25, 0.3) is 0 Å². The van der Waals surface area contributed by atoms with Crippen molar-refractivity contribution in [3.05, 3.63) is 8.92 Å². The molecule has 1 heterocycles. The first kappa shape index (κ1) is 8.14. The molecule has 1 rings (SSSR count). The lowest BCUT2D eigenvalue weighted by atomic mass is 10.1. The largest absolute Gasteiger partial charge is 0.183 e. The molecule has 0 amide bonds. The Hall–Kier alpha value is 0.0400. The van der Waals surface area contributed by atoms with Crippen molar-refractivity contribution in [1.82, 2.24) is 10.2 Å². The van der Waals surface area contributed by atoms with E-state index < -0.39 is 0 Å². The molecule has 0 saturated heterocycles. The maximum absolute atomic E-state index is 3.98. The Morgan fingerprint density at radius 3 is 2.60 bits per heavy atom. The average molecular weight is 221 g/mol. The molecule has 0 N–H and O–H groups in total. The summed E-state index contributed by atoms with van der Waals surface area (Å²) in [7, 11) is 0. The summed E-state index contributed by atoms with van der Waals surface area (Å²) in [5, 5.41) is 8.95. The Balaban J connectivity index is 2.58. The molecule has 0 bridgehead atoms. The summed E-state index contributed by atoms with van der Waals surface area (Å²) in [5.74, 6) is 0.667. The minimum absolute atomic E-state index is 0.667. The molecule has 0 atom stereocenters. The fraction of sp³-hybridized carbons (Fsp3) is 0.667. The summed E-state index contributed by atoms with van der Waals surface area (Å²) in [6.07, 6.45) is 1.03. The van der Waals surface area contributed by atoms with Crippen LogP contribution in [0.1, 0.15) is 18.9 Å². The van der Waals surface area contributed by atoms with Crippen molar-refractivity contribution in [2.75, 3.05) is 0 Å². The van der Waals surface area contributed by atoms with Crippen LogP contribution < -0.4 is 0 Å². The van der Waals surface area contributed by atoms with Crippen molar-refractivity contribution in [2.24, 2.45) is 5.92 Å². The second-order valence-electron chi connectivity index (χ2n) is 2.55. The summed E-state index contributed by atoms with van der Waals surface area (Å²) >= 11 is 4.88. The van der Waals surface area contributed by atoms with Crippen LogP contribution in [0.3, 0.4) is 0 Å². The molecular weight excluding hydrogens is 212 g/mol. The lowest BCUT2D eigenvalue weighted by molar-refractivity contribution is 0.639. The van der Waals surface area contributed by atoms with E-state index >= 15 is 0 Å². The van der Waals surface area contributed by atoms with Gasteiger partial charge in [-0.05, 0) is 21.8 Å². The van der Waals surface area contributed by atoms with Gasteiger partial charge in [-0.2, -0.15) is 0 Å². The standard InChI is InChI=1S/C6H9BrN2S/c1-4(2)3-5-8-9-6(7)10-5/h4H,3H2,1-2H3. The lowest BCUT2D eigenvalue weighted by Crippen LogP contribution is -1.92. The third kappa shape index (κ3) is 2.34. The van der Waals surface area contributed by atoms with E-state index in [2.05, 4.69) is 40.0 Å². The van der Waals surface area contributed by atoms with Gasteiger partial charge in [0.05, 0.1) is 0 Å². The van der Waals surface area contributed by atoms with Gasteiger partial charge in [0, 0.05) is 6.42 Å². The number of hydrogen-bond donors (Lipinski definition) is 0. The highest BCUT2D eigenvalue weighted by atomic mass is 79.9. The van der Waals surface area contributed by atoms with Gasteiger partial charge in [0.2, 0.25) is 0 Å². The highest BCUT2D eigenvalue weighted by Gasteiger charge is 2.02. The molecular formula is C6H9BrN2S. The van der Waals surface area contributed by atoms with E-state index in [9.17, 15) is 0 Å². The van der Waals surface area contributed by atoms with Crippen molar-refractivity contribution < 1.29 is 0 Å². The van der Waals surface area contributed by atoms with Gasteiger partial charge in [0.25, 0.3) is 0 Å². The Labute approximate surface area is 72.8 Å². The second-order valence-corrected chi connectivity index (χ2v) is 4.88. The molecule has 2 nitrogen and oxygen atoms in total. The van der Waals surface area contributed by atoms with Gasteiger partial charge >= 0.3 is 0 Å². The SMILES string of the molecule is CC(C)Cc1nnc(Br)s1. The second kappa shape index (κ2) is 3.44. The van der Waals surface area contributed by atoms with E-state index in [-0.39, 0.29) is 0 Å². The minimum Gasteiger partial charge on any atom is -0.143 e. The molecule has 4 heteroatoms. The van der Waals surface area contributed by atoms with E-state index in [0.29, 0.717) is 5.92 Å². The van der Waals surface area contributed by atoms with E-state index in [1.807, 2.05) is 0 Å². The zero-order valence-corrected chi connectivity index (χ0v) is 8.37. The summed E-state index contributed by atoms with van der Waals surface area (Å²) in [6, 6.07) is 0. The molecule has 0 aliphatic heterocycles. The van der Waals surface area contributed by atoms with Gasteiger partial charge in [-0.25, -0.2) is 0 Å². The number of hydrogen-bond acceptors (Lipinski definition) is 3. The molecule has 10 heavy (non-hydrogen) atoms. The third-order valence-corrected chi connectivity index (χ3v) is 2.40. The van der Waals surface area contributed by atoms with Gasteiger partial charge in [0.1, 0.15) is 5.01 Å². The minimum atomic E-state index is 0.667. The van der Waals surface area contributed by atoms with E-state index in [0.717, 1.165) is 15.3 Å². The van der Waals surface area contributed by atoms with Gasteiger partial charge < -0.3 is 0 Å². The molecule has 0 spiro atoms. The van der Waals surface area contributed by atoms with Crippen molar-refractivity contribution in [3.63, 3.8) is 0 Å². The lowest BCUT2D eigenvalue weighted by Gasteiger charge is -1.96. The molecule has 0 aliphatic rings. The van der Waals surface area contributed by atoms with Crippen LogP contribution in [0.5, 0.6) is 0 Å². The van der Waals surface area contributed by atoms with Crippen molar-refractivity contribution in [2.45, 2.75) is 20.3 Å². The number of rotatable bonds is 2. The van der Waals surface area contributed by atoms with Crippen molar-refractivity contribution in [1.29, 1.82) is 0 Å². The Morgan fingerprint density at radius 1 is 1.50 bits per heavy atom. The van der Waals surface area contributed by atoms with E-state index in [4.69, 9.17) is 0 Å². The summed E-state index contributed by atoms with van der Waals surface area (Å²) in [6.45, 7) is 4.35. The van der Waals surface area contributed by atoms with Crippen LogP contribution in [0.4, 0.5) is 0 Å². The summed E-state index contributed by atoms with van der Waals surface area (Å²) < 4.78 is 0.878. The molecule has 0 aliphatic carbocycles. The molecule has 0 aromatic carbocycles. The average Bonchev–Trinajstić information content (AvgIpc) is 2.13.